The lowest BCUT2D eigenvalue weighted by Crippen LogP contribution is -2.34. The van der Waals surface area contributed by atoms with Gasteiger partial charge in [-0.1, -0.05) is 106 Å². The van der Waals surface area contributed by atoms with Crippen molar-refractivity contribution in [2.75, 3.05) is 0 Å². The van der Waals surface area contributed by atoms with Gasteiger partial charge < -0.3 is 10.2 Å². The van der Waals surface area contributed by atoms with Gasteiger partial charge in [-0.25, -0.2) is 0 Å². The molecule has 2 nitrogen and oxygen atoms in total. The van der Waals surface area contributed by atoms with Crippen LogP contribution in [0.1, 0.15) is 110 Å². The van der Waals surface area contributed by atoms with Gasteiger partial charge in [0, 0.05) is 5.41 Å². The maximum Gasteiger partial charge on any atom is 0.119 e. The molecular weight excluding hydrogens is 380 g/mol. The van der Waals surface area contributed by atoms with Crippen molar-refractivity contribution in [3.05, 3.63) is 58.7 Å². The Hall–Kier alpha value is -1.96. The van der Waals surface area contributed by atoms with E-state index >= 15 is 0 Å². The molecule has 2 aromatic carbocycles. The predicted molar refractivity (Wildman–Crippen MR) is 133 cm³/mol. The number of unbranched alkanes of at least 4 members (excludes halogenated alkanes) is 1. The Bertz CT molecular complexity index is 817. The zero-order chi connectivity index (χ0) is 23.6. The van der Waals surface area contributed by atoms with Crippen LogP contribution in [0, 0.1) is 5.92 Å². The average molecular weight is 425 g/mol. The van der Waals surface area contributed by atoms with Crippen LogP contribution < -0.4 is 0 Å². The summed E-state index contributed by atoms with van der Waals surface area (Å²) in [4.78, 5) is 0. The lowest BCUT2D eigenvalue weighted by Gasteiger charge is -2.40. The van der Waals surface area contributed by atoms with E-state index in [0.29, 0.717) is 17.4 Å². The SMILES string of the molecule is CCCCC(CC)C(C)(c1ccc(O)c(C(C)(C)C)c1)c1ccc(O)c(C(C)(C)C)c1. The second-order valence-corrected chi connectivity index (χ2v) is 11.4. The quantitative estimate of drug-likeness (QED) is 0.470. The molecule has 0 saturated heterocycles. The highest BCUT2D eigenvalue weighted by Crippen LogP contribution is 2.47. The Balaban J connectivity index is 2.81. The highest BCUT2D eigenvalue weighted by Gasteiger charge is 2.38. The molecule has 0 saturated carbocycles. The molecule has 0 radical (unpaired) electrons. The van der Waals surface area contributed by atoms with Gasteiger partial charge in [0.1, 0.15) is 11.5 Å². The van der Waals surface area contributed by atoms with Crippen molar-refractivity contribution < 1.29 is 10.2 Å². The second kappa shape index (κ2) is 9.27. The molecule has 31 heavy (non-hydrogen) atoms. The maximum atomic E-state index is 10.6. The molecule has 172 valence electrons. The molecule has 0 aromatic heterocycles. The third-order valence-corrected chi connectivity index (χ3v) is 7.02. The van der Waals surface area contributed by atoms with Crippen LogP contribution in [0.25, 0.3) is 0 Å². The number of phenols is 2. The molecule has 1 atom stereocenters. The molecule has 2 N–H and O–H groups in total. The van der Waals surface area contributed by atoms with Gasteiger partial charge in [-0.15, -0.1) is 0 Å². The largest absolute Gasteiger partial charge is 0.508 e. The standard InChI is InChI=1S/C29H44O2/c1-10-12-13-20(11-2)29(9,21-14-16-25(30)23(18-21)27(3,4)5)22-15-17-26(31)24(19-22)28(6,7)8/h14-20,30-31H,10-13H2,1-9H3. The average Bonchev–Trinajstić information content (AvgIpc) is 2.67. The number of hydrogen-bond donors (Lipinski definition) is 2. The minimum atomic E-state index is -0.217. The third kappa shape index (κ3) is 5.27. The summed E-state index contributed by atoms with van der Waals surface area (Å²) in [5.74, 6) is 1.18. The first-order chi connectivity index (χ1) is 14.3. The number of aromatic hydroxyl groups is 2. The highest BCUT2D eigenvalue weighted by molar-refractivity contribution is 5.50. The topological polar surface area (TPSA) is 40.5 Å². The molecule has 0 amide bonds. The predicted octanol–water partition coefficient (Wildman–Crippen LogP) is 8.22. The molecule has 1 unspecified atom stereocenters. The van der Waals surface area contributed by atoms with E-state index in [-0.39, 0.29) is 16.2 Å². The molecular formula is C29H44O2. The first-order valence-electron chi connectivity index (χ1n) is 11.9. The van der Waals surface area contributed by atoms with Crippen molar-refractivity contribution in [3.8, 4) is 11.5 Å². The molecule has 0 spiro atoms. The van der Waals surface area contributed by atoms with E-state index in [9.17, 15) is 10.2 Å². The molecule has 0 bridgehead atoms. The first-order valence-corrected chi connectivity index (χ1v) is 11.9. The Labute approximate surface area is 190 Å². The van der Waals surface area contributed by atoms with Crippen LogP contribution in [0.5, 0.6) is 11.5 Å². The fraction of sp³-hybridized carbons (Fsp3) is 0.586. The van der Waals surface area contributed by atoms with Crippen LogP contribution in [0.4, 0.5) is 0 Å². The smallest absolute Gasteiger partial charge is 0.119 e. The highest BCUT2D eigenvalue weighted by atomic mass is 16.3. The zero-order valence-corrected chi connectivity index (χ0v) is 21.3. The minimum absolute atomic E-state index is 0.141. The van der Waals surface area contributed by atoms with E-state index in [1.165, 1.54) is 24.0 Å². The maximum absolute atomic E-state index is 10.6. The molecule has 2 heteroatoms. The van der Waals surface area contributed by atoms with E-state index in [2.05, 4.69) is 86.6 Å². The number of phenolic OH excluding ortho intramolecular Hbond substituents is 2. The van der Waals surface area contributed by atoms with Gasteiger partial charge in [-0.2, -0.15) is 0 Å². The Kier molecular flexibility index (Phi) is 7.56. The number of benzene rings is 2. The Morgan fingerprint density at radius 1 is 0.710 bits per heavy atom. The van der Waals surface area contributed by atoms with E-state index in [1.807, 2.05) is 12.1 Å². The summed E-state index contributed by atoms with van der Waals surface area (Å²) in [6, 6.07) is 12.4. The lowest BCUT2D eigenvalue weighted by atomic mass is 9.63. The number of hydrogen-bond acceptors (Lipinski definition) is 2. The number of rotatable bonds is 7. The van der Waals surface area contributed by atoms with Gasteiger partial charge in [0.05, 0.1) is 0 Å². The van der Waals surface area contributed by atoms with Gasteiger partial charge in [-0.05, 0) is 57.6 Å². The summed E-state index contributed by atoms with van der Waals surface area (Å²) in [7, 11) is 0. The van der Waals surface area contributed by atoms with Gasteiger partial charge in [-0.3, -0.25) is 0 Å². The summed E-state index contributed by atoms with van der Waals surface area (Å²) < 4.78 is 0. The summed E-state index contributed by atoms with van der Waals surface area (Å²) in [6.45, 7) is 19.8. The van der Waals surface area contributed by atoms with Gasteiger partial charge in [0.2, 0.25) is 0 Å². The van der Waals surface area contributed by atoms with Gasteiger partial charge >= 0.3 is 0 Å². The lowest BCUT2D eigenvalue weighted by molar-refractivity contribution is 0.304. The minimum Gasteiger partial charge on any atom is -0.508 e. The van der Waals surface area contributed by atoms with E-state index in [0.717, 1.165) is 24.0 Å². The Morgan fingerprint density at radius 3 is 1.45 bits per heavy atom. The fourth-order valence-electron chi connectivity index (χ4n) is 4.91. The van der Waals surface area contributed by atoms with Crippen molar-refractivity contribution in [3.63, 3.8) is 0 Å². The van der Waals surface area contributed by atoms with Crippen molar-refractivity contribution in [1.29, 1.82) is 0 Å². The molecule has 0 heterocycles. The zero-order valence-electron chi connectivity index (χ0n) is 21.3. The molecule has 2 aromatic rings. The van der Waals surface area contributed by atoms with Crippen molar-refractivity contribution >= 4 is 0 Å². The van der Waals surface area contributed by atoms with Gasteiger partial charge in [0.15, 0.2) is 0 Å². The van der Waals surface area contributed by atoms with Crippen molar-refractivity contribution in [1.82, 2.24) is 0 Å². The first kappa shape index (κ1) is 25.3. The van der Waals surface area contributed by atoms with Crippen molar-refractivity contribution in [2.24, 2.45) is 5.92 Å². The molecule has 0 fully saturated rings. The van der Waals surface area contributed by atoms with E-state index in [1.54, 1.807) is 0 Å². The summed E-state index contributed by atoms with van der Waals surface area (Å²) >= 11 is 0. The Morgan fingerprint density at radius 2 is 1.13 bits per heavy atom. The fourth-order valence-corrected chi connectivity index (χ4v) is 4.91. The summed E-state index contributed by atoms with van der Waals surface area (Å²) in [5.41, 5.74) is 3.95. The summed E-state index contributed by atoms with van der Waals surface area (Å²) in [5, 5.41) is 21.2. The van der Waals surface area contributed by atoms with Crippen LogP contribution in [0.2, 0.25) is 0 Å². The molecule has 2 rings (SSSR count). The summed E-state index contributed by atoms with van der Waals surface area (Å²) in [6.07, 6.45) is 4.61. The van der Waals surface area contributed by atoms with Crippen LogP contribution in [0.15, 0.2) is 36.4 Å². The molecule has 0 aliphatic rings. The molecule has 0 aliphatic heterocycles. The monoisotopic (exact) mass is 424 g/mol. The van der Waals surface area contributed by atoms with Crippen LogP contribution in [0.3, 0.4) is 0 Å². The van der Waals surface area contributed by atoms with Gasteiger partial charge in [0.25, 0.3) is 0 Å². The van der Waals surface area contributed by atoms with Crippen LogP contribution in [-0.4, -0.2) is 10.2 Å². The van der Waals surface area contributed by atoms with Crippen molar-refractivity contribution in [2.45, 2.75) is 104 Å². The van der Waals surface area contributed by atoms with E-state index in [4.69, 9.17) is 0 Å². The normalized spacial score (nSPS) is 14.0. The van der Waals surface area contributed by atoms with E-state index < -0.39 is 0 Å². The van der Waals surface area contributed by atoms with Crippen LogP contribution >= 0.6 is 0 Å². The third-order valence-electron chi connectivity index (χ3n) is 7.02. The molecule has 0 aliphatic carbocycles. The van der Waals surface area contributed by atoms with Crippen LogP contribution in [-0.2, 0) is 16.2 Å². The second-order valence-electron chi connectivity index (χ2n) is 11.4.